The molecular formula is C22H23ClN4O3. The topological polar surface area (TPSA) is 98.3 Å². The molecule has 156 valence electrons. The van der Waals surface area contributed by atoms with Gasteiger partial charge in [0.1, 0.15) is 16.9 Å². The van der Waals surface area contributed by atoms with Gasteiger partial charge in [-0.2, -0.15) is 0 Å². The summed E-state index contributed by atoms with van der Waals surface area (Å²) in [5.41, 5.74) is 1.97. The number of halogens is 1. The summed E-state index contributed by atoms with van der Waals surface area (Å²) < 4.78 is 0. The zero-order valence-corrected chi connectivity index (χ0v) is 17.1. The number of H-pyrrole nitrogens is 1. The second-order valence-corrected chi connectivity index (χ2v) is 7.89. The predicted octanol–water partition coefficient (Wildman–Crippen LogP) is 2.54. The summed E-state index contributed by atoms with van der Waals surface area (Å²) in [4.78, 5) is 34.9. The summed E-state index contributed by atoms with van der Waals surface area (Å²) in [6.07, 6.45) is 3.55. The third-order valence-corrected chi connectivity index (χ3v) is 5.68. The van der Waals surface area contributed by atoms with Crippen LogP contribution in [-0.4, -0.2) is 57.0 Å². The summed E-state index contributed by atoms with van der Waals surface area (Å²) in [6.45, 7) is 0.509. The number of nitrogens with zero attached hydrogens (tertiary/aromatic N) is 2. The summed E-state index contributed by atoms with van der Waals surface area (Å²) >= 11 is 5.93. The van der Waals surface area contributed by atoms with Gasteiger partial charge < -0.3 is 20.3 Å². The van der Waals surface area contributed by atoms with E-state index in [4.69, 9.17) is 11.6 Å². The van der Waals surface area contributed by atoms with E-state index in [1.807, 2.05) is 30.3 Å². The Morgan fingerprint density at radius 2 is 2.10 bits per heavy atom. The van der Waals surface area contributed by atoms with Crippen molar-refractivity contribution in [2.24, 2.45) is 0 Å². The number of aromatic amines is 1. The minimum atomic E-state index is -0.736. The van der Waals surface area contributed by atoms with E-state index in [1.54, 1.807) is 23.2 Å². The molecule has 0 aliphatic carbocycles. The number of hydrogen-bond donors (Lipinski definition) is 3. The number of nitrogens with one attached hydrogen (secondary N) is 2. The number of carbonyl (C=O) groups is 2. The summed E-state index contributed by atoms with van der Waals surface area (Å²) in [5, 5.41) is 13.6. The fourth-order valence-electron chi connectivity index (χ4n) is 3.93. The van der Waals surface area contributed by atoms with E-state index in [2.05, 4.69) is 15.3 Å². The van der Waals surface area contributed by atoms with Gasteiger partial charge in [-0.05, 0) is 30.5 Å². The van der Waals surface area contributed by atoms with E-state index in [1.165, 1.54) is 0 Å². The summed E-state index contributed by atoms with van der Waals surface area (Å²) in [7, 11) is 0. The number of aromatic nitrogens is 2. The first-order chi connectivity index (χ1) is 14.5. The molecule has 1 aliphatic rings. The molecule has 1 aromatic carbocycles. The molecule has 8 heteroatoms. The fraction of sp³-hybridized carbons (Fsp3) is 0.318. The highest BCUT2D eigenvalue weighted by atomic mass is 35.5. The maximum atomic E-state index is 13.3. The van der Waals surface area contributed by atoms with Gasteiger partial charge in [-0.1, -0.05) is 41.9 Å². The molecule has 7 nitrogen and oxygen atoms in total. The summed E-state index contributed by atoms with van der Waals surface area (Å²) in [6, 6.07) is 12.0. The standard InChI is InChI=1S/C22H23ClN4O3/c23-20-11-15-10-17(25-19(15)12-24-20)21(29)26-18(9-14-5-2-1-3-6-14)22(30)27-8-4-7-16(27)13-28/h1-3,5-6,10-12,16,18,25,28H,4,7-9,13H2,(H,26,29)/t16-,18+/m1/s1. The lowest BCUT2D eigenvalue weighted by molar-refractivity contribution is -0.134. The van der Waals surface area contributed by atoms with E-state index in [9.17, 15) is 14.7 Å². The highest BCUT2D eigenvalue weighted by Gasteiger charge is 2.33. The lowest BCUT2D eigenvalue weighted by Crippen LogP contribution is -2.51. The molecule has 2 atom stereocenters. The van der Waals surface area contributed by atoms with Crippen LogP contribution in [0.3, 0.4) is 0 Å². The number of amides is 2. The second kappa shape index (κ2) is 8.85. The van der Waals surface area contributed by atoms with Gasteiger partial charge in [0.05, 0.1) is 24.4 Å². The SMILES string of the molecule is O=C(N[C@@H](Cc1ccccc1)C(=O)N1CCC[C@@H]1CO)c1cc2cc(Cl)ncc2[nH]1. The maximum Gasteiger partial charge on any atom is 0.268 e. The van der Waals surface area contributed by atoms with Crippen molar-refractivity contribution in [1.82, 2.24) is 20.2 Å². The average Bonchev–Trinajstić information content (AvgIpc) is 3.40. The average molecular weight is 427 g/mol. The molecule has 4 rings (SSSR count). The van der Waals surface area contributed by atoms with Gasteiger partial charge in [-0.3, -0.25) is 9.59 Å². The van der Waals surface area contributed by atoms with Crippen LogP contribution >= 0.6 is 11.6 Å². The van der Waals surface area contributed by atoms with E-state index in [0.717, 1.165) is 23.8 Å². The fourth-order valence-corrected chi connectivity index (χ4v) is 4.09. The molecule has 1 saturated heterocycles. The van der Waals surface area contributed by atoms with E-state index in [0.29, 0.717) is 29.3 Å². The van der Waals surface area contributed by atoms with Crippen molar-refractivity contribution in [3.8, 4) is 0 Å². The molecule has 2 amide bonds. The van der Waals surface area contributed by atoms with Crippen LogP contribution in [0.5, 0.6) is 0 Å². The van der Waals surface area contributed by atoms with Crippen molar-refractivity contribution in [3.63, 3.8) is 0 Å². The molecule has 1 aliphatic heterocycles. The highest BCUT2D eigenvalue weighted by molar-refractivity contribution is 6.30. The Kier molecular flexibility index (Phi) is 6.01. The molecule has 0 radical (unpaired) electrons. The van der Waals surface area contributed by atoms with Crippen molar-refractivity contribution in [1.29, 1.82) is 0 Å². The van der Waals surface area contributed by atoms with Crippen molar-refractivity contribution < 1.29 is 14.7 Å². The Labute approximate surface area is 179 Å². The number of rotatable bonds is 6. The van der Waals surface area contributed by atoms with Gasteiger partial charge >= 0.3 is 0 Å². The van der Waals surface area contributed by atoms with Crippen LogP contribution < -0.4 is 5.32 Å². The number of likely N-dealkylation sites (tertiary alicyclic amines) is 1. The lowest BCUT2D eigenvalue weighted by Gasteiger charge is -2.28. The van der Waals surface area contributed by atoms with Crippen LogP contribution in [0.1, 0.15) is 28.9 Å². The Morgan fingerprint density at radius 1 is 1.30 bits per heavy atom. The number of fused-ring (bicyclic) bond motifs is 1. The quantitative estimate of drug-likeness (QED) is 0.527. The minimum absolute atomic E-state index is 0.0759. The molecule has 0 spiro atoms. The first-order valence-corrected chi connectivity index (χ1v) is 10.3. The lowest BCUT2D eigenvalue weighted by atomic mass is 10.0. The third-order valence-electron chi connectivity index (χ3n) is 5.47. The van der Waals surface area contributed by atoms with E-state index < -0.39 is 6.04 Å². The molecule has 0 unspecified atom stereocenters. The number of aliphatic hydroxyl groups is 1. The first kappa shape index (κ1) is 20.4. The molecule has 3 heterocycles. The Hall–Kier alpha value is -2.90. The number of carbonyl (C=O) groups excluding carboxylic acids is 2. The molecule has 2 aromatic heterocycles. The van der Waals surface area contributed by atoms with Crippen LogP contribution in [0.4, 0.5) is 0 Å². The van der Waals surface area contributed by atoms with Crippen LogP contribution in [0.25, 0.3) is 10.9 Å². The van der Waals surface area contributed by atoms with E-state index >= 15 is 0 Å². The van der Waals surface area contributed by atoms with Crippen LogP contribution in [0.15, 0.2) is 48.7 Å². The Morgan fingerprint density at radius 3 is 2.87 bits per heavy atom. The summed E-state index contributed by atoms with van der Waals surface area (Å²) in [5.74, 6) is -0.555. The zero-order chi connectivity index (χ0) is 21.1. The predicted molar refractivity (Wildman–Crippen MR) is 114 cm³/mol. The van der Waals surface area contributed by atoms with Crippen LogP contribution in [0, 0.1) is 0 Å². The van der Waals surface area contributed by atoms with Gasteiger partial charge in [0, 0.05) is 18.4 Å². The monoisotopic (exact) mass is 426 g/mol. The first-order valence-electron chi connectivity index (χ1n) is 9.95. The Balaban J connectivity index is 1.57. The smallest absolute Gasteiger partial charge is 0.268 e. The number of hydrogen-bond acceptors (Lipinski definition) is 4. The Bertz CT molecular complexity index is 1050. The highest BCUT2D eigenvalue weighted by Crippen LogP contribution is 2.20. The molecular weight excluding hydrogens is 404 g/mol. The third kappa shape index (κ3) is 4.32. The maximum absolute atomic E-state index is 13.3. The van der Waals surface area contributed by atoms with Gasteiger partial charge in [0.25, 0.3) is 5.91 Å². The molecule has 0 bridgehead atoms. The molecule has 3 N–H and O–H groups in total. The number of pyridine rings is 1. The number of benzene rings is 1. The van der Waals surface area contributed by atoms with Crippen molar-refractivity contribution in [2.45, 2.75) is 31.3 Å². The van der Waals surface area contributed by atoms with Crippen LogP contribution in [-0.2, 0) is 11.2 Å². The van der Waals surface area contributed by atoms with E-state index in [-0.39, 0.29) is 24.5 Å². The van der Waals surface area contributed by atoms with Crippen molar-refractivity contribution in [2.75, 3.05) is 13.2 Å². The van der Waals surface area contributed by atoms with Gasteiger partial charge in [-0.15, -0.1) is 0 Å². The molecule has 0 saturated carbocycles. The van der Waals surface area contributed by atoms with Crippen molar-refractivity contribution >= 4 is 34.3 Å². The molecule has 30 heavy (non-hydrogen) atoms. The molecule has 3 aromatic rings. The normalized spacial score (nSPS) is 17.3. The second-order valence-electron chi connectivity index (χ2n) is 7.50. The van der Waals surface area contributed by atoms with Gasteiger partial charge in [0.2, 0.25) is 5.91 Å². The van der Waals surface area contributed by atoms with Crippen molar-refractivity contribution in [3.05, 3.63) is 65.1 Å². The molecule has 1 fully saturated rings. The van der Waals surface area contributed by atoms with Gasteiger partial charge in [-0.25, -0.2) is 4.98 Å². The largest absolute Gasteiger partial charge is 0.394 e. The number of aliphatic hydroxyl groups excluding tert-OH is 1. The van der Waals surface area contributed by atoms with Crippen LogP contribution in [0.2, 0.25) is 5.15 Å². The zero-order valence-electron chi connectivity index (χ0n) is 16.3. The minimum Gasteiger partial charge on any atom is -0.394 e. The van der Waals surface area contributed by atoms with Gasteiger partial charge in [0.15, 0.2) is 0 Å².